The summed E-state index contributed by atoms with van der Waals surface area (Å²) in [4.78, 5) is 16.3. The molecule has 1 aliphatic rings. The second-order valence-electron chi connectivity index (χ2n) is 5.74. The van der Waals surface area contributed by atoms with Crippen LogP contribution in [-0.2, 0) is 4.79 Å². The number of unbranched alkanes of at least 4 members (excludes halogenated alkanes) is 1. The average Bonchev–Trinajstić information content (AvgIpc) is 2.44. The van der Waals surface area contributed by atoms with Gasteiger partial charge >= 0.3 is 0 Å². The van der Waals surface area contributed by atoms with E-state index < -0.39 is 0 Å². The zero-order valence-electron chi connectivity index (χ0n) is 13.0. The van der Waals surface area contributed by atoms with Gasteiger partial charge in [-0.1, -0.05) is 33.1 Å². The predicted octanol–water partition coefficient (Wildman–Crippen LogP) is 1.57. The van der Waals surface area contributed by atoms with Gasteiger partial charge in [0, 0.05) is 32.7 Å². The molecule has 1 unspecified atom stereocenters. The van der Waals surface area contributed by atoms with Crippen molar-refractivity contribution >= 4 is 5.91 Å². The molecule has 1 fully saturated rings. The van der Waals surface area contributed by atoms with E-state index in [1.807, 2.05) is 4.90 Å². The first-order valence-corrected chi connectivity index (χ1v) is 7.84. The van der Waals surface area contributed by atoms with E-state index in [9.17, 15) is 4.79 Å². The van der Waals surface area contributed by atoms with Crippen LogP contribution in [0.3, 0.4) is 0 Å². The van der Waals surface area contributed by atoms with Crippen molar-refractivity contribution in [3.63, 3.8) is 0 Å². The summed E-state index contributed by atoms with van der Waals surface area (Å²) in [6.07, 6.45) is 5.07. The Kier molecular flexibility index (Phi) is 8.07. The Morgan fingerprint density at radius 1 is 1.32 bits per heavy atom. The van der Waals surface area contributed by atoms with Crippen molar-refractivity contribution in [2.45, 2.75) is 39.5 Å². The Hall–Kier alpha value is -0.610. The van der Waals surface area contributed by atoms with Crippen LogP contribution in [-0.4, -0.2) is 62.0 Å². The van der Waals surface area contributed by atoms with E-state index in [0.717, 1.165) is 38.6 Å². The van der Waals surface area contributed by atoms with Crippen LogP contribution >= 0.6 is 0 Å². The van der Waals surface area contributed by atoms with Crippen molar-refractivity contribution in [3.8, 4) is 0 Å². The minimum Gasteiger partial charge on any atom is -0.339 e. The van der Waals surface area contributed by atoms with Crippen molar-refractivity contribution < 1.29 is 4.79 Å². The zero-order chi connectivity index (χ0) is 14.1. The average molecular weight is 269 g/mol. The van der Waals surface area contributed by atoms with Gasteiger partial charge in [-0.2, -0.15) is 0 Å². The van der Waals surface area contributed by atoms with Crippen molar-refractivity contribution in [1.29, 1.82) is 0 Å². The van der Waals surface area contributed by atoms with E-state index in [1.54, 1.807) is 0 Å². The molecule has 0 bridgehead atoms. The van der Waals surface area contributed by atoms with Gasteiger partial charge < -0.3 is 10.2 Å². The zero-order valence-corrected chi connectivity index (χ0v) is 13.0. The minimum absolute atomic E-state index is 0.286. The Bertz CT molecular complexity index is 252. The third-order valence-corrected chi connectivity index (χ3v) is 3.99. The number of piperazine rings is 1. The molecule has 0 aromatic rings. The molecule has 1 atom stereocenters. The summed E-state index contributed by atoms with van der Waals surface area (Å²) in [6, 6.07) is 0. The number of hydrogen-bond donors (Lipinski definition) is 1. The molecular formula is C15H31N3O. The first-order chi connectivity index (χ1) is 9.17. The Morgan fingerprint density at radius 3 is 2.58 bits per heavy atom. The van der Waals surface area contributed by atoms with Crippen molar-refractivity contribution in [2.24, 2.45) is 5.92 Å². The molecule has 0 radical (unpaired) electrons. The van der Waals surface area contributed by atoms with E-state index in [-0.39, 0.29) is 5.91 Å². The molecule has 1 amide bonds. The number of hydrogen-bond acceptors (Lipinski definition) is 3. The number of nitrogens with one attached hydrogen (secondary N) is 1. The van der Waals surface area contributed by atoms with Crippen LogP contribution in [0.15, 0.2) is 0 Å². The third-order valence-electron chi connectivity index (χ3n) is 3.99. The summed E-state index contributed by atoms with van der Waals surface area (Å²) in [5.41, 5.74) is 0. The fourth-order valence-corrected chi connectivity index (χ4v) is 2.67. The first-order valence-electron chi connectivity index (χ1n) is 7.84. The lowest BCUT2D eigenvalue weighted by Gasteiger charge is -2.30. The molecule has 1 aliphatic heterocycles. The molecule has 112 valence electrons. The maximum atomic E-state index is 12.1. The molecule has 0 saturated carbocycles. The number of carbonyl (C=O) groups excluding carboxylic acids is 1. The largest absolute Gasteiger partial charge is 0.339 e. The van der Waals surface area contributed by atoms with E-state index >= 15 is 0 Å². The molecule has 4 heteroatoms. The van der Waals surface area contributed by atoms with Crippen LogP contribution in [0.4, 0.5) is 0 Å². The summed E-state index contributed by atoms with van der Waals surface area (Å²) in [6.45, 7) is 9.71. The summed E-state index contributed by atoms with van der Waals surface area (Å²) in [5, 5.41) is 3.28. The molecule has 19 heavy (non-hydrogen) atoms. The van der Waals surface area contributed by atoms with Gasteiger partial charge in [0.15, 0.2) is 0 Å². The normalized spacial score (nSPS) is 17.8. The fraction of sp³-hybridized carbons (Fsp3) is 0.933. The lowest BCUT2D eigenvalue weighted by Crippen LogP contribution is -2.49. The molecule has 1 N–H and O–H groups in total. The Balaban J connectivity index is 2.27. The monoisotopic (exact) mass is 269 g/mol. The highest BCUT2D eigenvalue weighted by Gasteiger charge is 2.18. The highest BCUT2D eigenvalue weighted by molar-refractivity contribution is 5.78. The highest BCUT2D eigenvalue weighted by Crippen LogP contribution is 2.13. The summed E-state index contributed by atoms with van der Waals surface area (Å²) < 4.78 is 0. The SMILES string of the molecule is CCCCC(CC)CN(C)CC(=O)N1CCNCC1. The molecule has 0 aromatic heterocycles. The van der Waals surface area contributed by atoms with Gasteiger partial charge in [-0.05, 0) is 19.4 Å². The van der Waals surface area contributed by atoms with E-state index in [4.69, 9.17) is 0 Å². The molecular weight excluding hydrogens is 238 g/mol. The standard InChI is InChI=1S/C15H31N3O/c1-4-6-7-14(5-2)12-17(3)13-15(19)18-10-8-16-9-11-18/h14,16H,4-13H2,1-3H3. The first kappa shape index (κ1) is 16.4. The maximum absolute atomic E-state index is 12.1. The van der Waals surface area contributed by atoms with Gasteiger partial charge in [0.25, 0.3) is 0 Å². The van der Waals surface area contributed by atoms with Gasteiger partial charge in [-0.15, -0.1) is 0 Å². The lowest BCUT2D eigenvalue weighted by atomic mass is 9.99. The van der Waals surface area contributed by atoms with Gasteiger partial charge in [-0.25, -0.2) is 0 Å². The third kappa shape index (κ3) is 6.39. The molecule has 1 rings (SSSR count). The van der Waals surface area contributed by atoms with Crippen LogP contribution in [0.25, 0.3) is 0 Å². The van der Waals surface area contributed by atoms with Crippen molar-refractivity contribution in [3.05, 3.63) is 0 Å². The second-order valence-corrected chi connectivity index (χ2v) is 5.74. The van der Waals surface area contributed by atoms with E-state index in [0.29, 0.717) is 6.54 Å². The van der Waals surface area contributed by atoms with E-state index in [2.05, 4.69) is 31.1 Å². The second kappa shape index (κ2) is 9.32. The summed E-state index contributed by atoms with van der Waals surface area (Å²) in [5.74, 6) is 1.02. The molecule has 1 saturated heterocycles. The Labute approximate surface area is 118 Å². The molecule has 0 aromatic carbocycles. The topological polar surface area (TPSA) is 35.6 Å². The lowest BCUT2D eigenvalue weighted by molar-refractivity contribution is -0.132. The molecule has 0 spiro atoms. The van der Waals surface area contributed by atoms with Crippen molar-refractivity contribution in [1.82, 2.24) is 15.1 Å². The quantitative estimate of drug-likeness (QED) is 0.726. The van der Waals surface area contributed by atoms with Gasteiger partial charge in [0.1, 0.15) is 0 Å². The number of carbonyl (C=O) groups is 1. The van der Waals surface area contributed by atoms with Crippen LogP contribution in [0.5, 0.6) is 0 Å². The summed E-state index contributed by atoms with van der Waals surface area (Å²) >= 11 is 0. The predicted molar refractivity (Wildman–Crippen MR) is 80.3 cm³/mol. The Morgan fingerprint density at radius 2 is 2.00 bits per heavy atom. The van der Waals surface area contributed by atoms with Gasteiger partial charge in [0.2, 0.25) is 5.91 Å². The number of likely N-dealkylation sites (N-methyl/N-ethyl adjacent to an activating group) is 1. The maximum Gasteiger partial charge on any atom is 0.236 e. The number of amides is 1. The van der Waals surface area contributed by atoms with Crippen molar-refractivity contribution in [2.75, 3.05) is 46.3 Å². The smallest absolute Gasteiger partial charge is 0.236 e. The minimum atomic E-state index is 0.286. The fourth-order valence-electron chi connectivity index (χ4n) is 2.67. The van der Waals surface area contributed by atoms with Crippen LogP contribution in [0, 0.1) is 5.92 Å². The van der Waals surface area contributed by atoms with E-state index in [1.165, 1.54) is 25.7 Å². The molecule has 0 aliphatic carbocycles. The van der Waals surface area contributed by atoms with Crippen LogP contribution < -0.4 is 5.32 Å². The number of nitrogens with zero attached hydrogens (tertiary/aromatic N) is 2. The van der Waals surface area contributed by atoms with Gasteiger partial charge in [0.05, 0.1) is 6.54 Å². The highest BCUT2D eigenvalue weighted by atomic mass is 16.2. The molecule has 4 nitrogen and oxygen atoms in total. The van der Waals surface area contributed by atoms with Crippen LogP contribution in [0.2, 0.25) is 0 Å². The summed E-state index contributed by atoms with van der Waals surface area (Å²) in [7, 11) is 2.08. The number of rotatable bonds is 8. The van der Waals surface area contributed by atoms with Gasteiger partial charge in [-0.3, -0.25) is 9.69 Å². The molecule has 1 heterocycles. The van der Waals surface area contributed by atoms with Crippen LogP contribution in [0.1, 0.15) is 39.5 Å².